The summed E-state index contributed by atoms with van der Waals surface area (Å²) in [5, 5.41) is 6.04. The van der Waals surface area contributed by atoms with Gasteiger partial charge in [-0.2, -0.15) is 0 Å². The van der Waals surface area contributed by atoms with Gasteiger partial charge in [0.15, 0.2) is 0 Å². The van der Waals surface area contributed by atoms with E-state index in [1.54, 1.807) is 16.6 Å². The minimum absolute atomic E-state index is 0.0651. The highest BCUT2D eigenvalue weighted by Gasteiger charge is 2.15. The summed E-state index contributed by atoms with van der Waals surface area (Å²) in [5.41, 5.74) is 4.37. The number of aryl methyl sites for hydroxylation is 1. The van der Waals surface area contributed by atoms with Crippen molar-refractivity contribution in [3.8, 4) is 0 Å². The fourth-order valence-electron chi connectivity index (χ4n) is 3.76. The van der Waals surface area contributed by atoms with Gasteiger partial charge in [-0.3, -0.25) is 9.20 Å². The summed E-state index contributed by atoms with van der Waals surface area (Å²) in [4.78, 5) is 20.3. The van der Waals surface area contributed by atoms with Gasteiger partial charge in [0.25, 0.3) is 5.56 Å². The van der Waals surface area contributed by atoms with Crippen LogP contribution < -0.4 is 16.1 Å². The van der Waals surface area contributed by atoms with Crippen molar-refractivity contribution in [1.29, 1.82) is 0 Å². The third kappa shape index (κ3) is 2.84. The van der Waals surface area contributed by atoms with E-state index in [2.05, 4.69) is 49.9 Å². The first-order valence-corrected chi connectivity index (χ1v) is 9.40. The number of hydrogen-bond acceptors (Lipinski definition) is 4. The number of benzene rings is 2. The molecule has 5 nitrogen and oxygen atoms in total. The van der Waals surface area contributed by atoms with Gasteiger partial charge in [-0.05, 0) is 56.9 Å². The highest BCUT2D eigenvalue weighted by Crippen LogP contribution is 2.27. The van der Waals surface area contributed by atoms with Crippen LogP contribution in [0.5, 0.6) is 0 Å². The van der Waals surface area contributed by atoms with Crippen LogP contribution in [-0.2, 0) is 0 Å². The number of rotatable bonds is 5. The molecule has 0 atom stereocenters. The van der Waals surface area contributed by atoms with E-state index in [1.165, 1.54) is 0 Å². The zero-order chi connectivity index (χ0) is 19.8. The van der Waals surface area contributed by atoms with Gasteiger partial charge < -0.3 is 10.2 Å². The topological polar surface area (TPSA) is 49.6 Å². The van der Waals surface area contributed by atoms with E-state index in [1.807, 2.05) is 24.3 Å². The second-order valence-corrected chi connectivity index (χ2v) is 7.27. The van der Waals surface area contributed by atoms with Gasteiger partial charge in [-0.1, -0.05) is 24.8 Å². The average molecular weight is 372 g/mol. The minimum atomic E-state index is -0.0651. The molecule has 0 amide bonds. The first kappa shape index (κ1) is 18.2. The lowest BCUT2D eigenvalue weighted by Crippen LogP contribution is -2.31. The van der Waals surface area contributed by atoms with Crippen LogP contribution in [0, 0.1) is 6.92 Å². The van der Waals surface area contributed by atoms with Gasteiger partial charge in [0.05, 0.1) is 11.0 Å². The largest absolute Gasteiger partial charge is 0.384 e. The van der Waals surface area contributed by atoms with Crippen molar-refractivity contribution in [2.24, 2.45) is 0 Å². The van der Waals surface area contributed by atoms with Crippen molar-refractivity contribution >= 4 is 39.2 Å². The van der Waals surface area contributed by atoms with E-state index in [9.17, 15) is 4.79 Å². The number of nitrogens with one attached hydrogen (secondary N) is 1. The number of anilines is 1. The molecule has 0 bridgehead atoms. The number of nitrogens with zero attached hydrogens (tertiary/aromatic N) is 3. The molecule has 0 aliphatic heterocycles. The molecule has 5 heteroatoms. The van der Waals surface area contributed by atoms with Crippen LogP contribution in [0.4, 0.5) is 5.69 Å². The molecule has 4 aromatic rings. The van der Waals surface area contributed by atoms with Crippen molar-refractivity contribution in [2.45, 2.75) is 6.92 Å². The molecule has 142 valence electrons. The van der Waals surface area contributed by atoms with Crippen LogP contribution >= 0.6 is 0 Å². The molecule has 0 saturated carbocycles. The normalized spacial score (nSPS) is 12.5. The molecule has 0 spiro atoms. The van der Waals surface area contributed by atoms with Crippen molar-refractivity contribution in [2.75, 3.05) is 32.5 Å². The summed E-state index contributed by atoms with van der Waals surface area (Å²) >= 11 is 0. The number of imidazole rings is 1. The Hall–Kier alpha value is -3.18. The molecule has 4 rings (SSSR count). The van der Waals surface area contributed by atoms with Gasteiger partial charge in [-0.15, -0.1) is 0 Å². The maximum Gasteiger partial charge on any atom is 0.264 e. The first-order chi connectivity index (χ1) is 13.5. The van der Waals surface area contributed by atoms with E-state index in [0.717, 1.165) is 46.1 Å². The standard InChI is InChI=1S/C23H24N4O/c1-5-8-17-21-15(2)18(24-13-14-26(3)4)12-11-16(21)22-25-19-9-6-7-10-20(19)27(22)23(17)28/h5-12,24H,1,13-14H2,2-4H3/b17-8+. The Morgan fingerprint density at radius 2 is 2.00 bits per heavy atom. The fourth-order valence-corrected chi connectivity index (χ4v) is 3.76. The summed E-state index contributed by atoms with van der Waals surface area (Å²) in [6.45, 7) is 7.63. The Balaban J connectivity index is 2.08. The van der Waals surface area contributed by atoms with Gasteiger partial charge in [0.1, 0.15) is 5.65 Å². The summed E-state index contributed by atoms with van der Waals surface area (Å²) < 4.78 is 1.71. The van der Waals surface area contributed by atoms with Crippen LogP contribution in [-0.4, -0.2) is 41.5 Å². The average Bonchev–Trinajstić information content (AvgIpc) is 3.06. The number of allylic oxidation sites excluding steroid dienone is 1. The van der Waals surface area contributed by atoms with Crippen LogP contribution in [0.2, 0.25) is 0 Å². The molecule has 2 aromatic heterocycles. The van der Waals surface area contributed by atoms with Crippen LogP contribution in [0.25, 0.3) is 33.5 Å². The summed E-state index contributed by atoms with van der Waals surface area (Å²) in [7, 11) is 4.10. The van der Waals surface area contributed by atoms with Crippen LogP contribution in [0.3, 0.4) is 0 Å². The highest BCUT2D eigenvalue weighted by molar-refractivity contribution is 6.02. The number of hydrogen-bond donors (Lipinski definition) is 1. The summed E-state index contributed by atoms with van der Waals surface area (Å²) in [5.74, 6) is 0. The van der Waals surface area contributed by atoms with E-state index < -0.39 is 0 Å². The predicted molar refractivity (Wildman–Crippen MR) is 118 cm³/mol. The molecular weight excluding hydrogens is 348 g/mol. The lowest BCUT2D eigenvalue weighted by molar-refractivity contribution is 0.425. The van der Waals surface area contributed by atoms with E-state index in [-0.39, 0.29) is 5.56 Å². The Bertz CT molecular complexity index is 1320. The minimum Gasteiger partial charge on any atom is -0.384 e. The van der Waals surface area contributed by atoms with Crippen molar-refractivity contribution < 1.29 is 0 Å². The smallest absolute Gasteiger partial charge is 0.264 e. The Labute approximate surface area is 163 Å². The third-order valence-corrected chi connectivity index (χ3v) is 5.13. The van der Waals surface area contributed by atoms with E-state index in [0.29, 0.717) is 10.9 Å². The van der Waals surface area contributed by atoms with Gasteiger partial charge >= 0.3 is 0 Å². The molecule has 1 N–H and O–H groups in total. The maximum absolute atomic E-state index is 13.4. The number of aromatic nitrogens is 2. The molecule has 28 heavy (non-hydrogen) atoms. The molecule has 0 saturated heterocycles. The SMILES string of the molecule is C=C/C=c1/c(=O)n2c3ccccc3nc2c2ccc(NCCN(C)C)c(C)c12. The van der Waals surface area contributed by atoms with Gasteiger partial charge in [0.2, 0.25) is 0 Å². The van der Waals surface area contributed by atoms with Crippen molar-refractivity contribution in [3.05, 3.63) is 70.2 Å². The van der Waals surface area contributed by atoms with E-state index in [4.69, 9.17) is 4.98 Å². The Morgan fingerprint density at radius 3 is 2.75 bits per heavy atom. The second kappa shape index (κ2) is 7.09. The lowest BCUT2D eigenvalue weighted by atomic mass is 10.0. The number of fused-ring (bicyclic) bond motifs is 5. The Morgan fingerprint density at radius 1 is 1.21 bits per heavy atom. The number of pyridine rings is 1. The molecular formula is C23H24N4O. The zero-order valence-electron chi connectivity index (χ0n) is 16.5. The molecule has 0 aliphatic carbocycles. The fraction of sp³-hybridized carbons (Fsp3) is 0.217. The molecule has 2 heterocycles. The molecule has 2 aromatic carbocycles. The maximum atomic E-state index is 13.4. The molecule has 0 unspecified atom stereocenters. The highest BCUT2D eigenvalue weighted by atomic mass is 16.1. The quantitative estimate of drug-likeness (QED) is 0.585. The number of likely N-dealkylation sites (N-methyl/N-ethyl adjacent to an activating group) is 1. The summed E-state index contributed by atoms with van der Waals surface area (Å²) in [6, 6.07) is 11.9. The van der Waals surface area contributed by atoms with Crippen molar-refractivity contribution in [3.63, 3.8) is 0 Å². The molecule has 0 fully saturated rings. The monoisotopic (exact) mass is 372 g/mol. The van der Waals surface area contributed by atoms with Crippen LogP contribution in [0.1, 0.15) is 5.56 Å². The number of para-hydroxylation sites is 2. The Kier molecular flexibility index (Phi) is 4.61. The third-order valence-electron chi connectivity index (χ3n) is 5.13. The first-order valence-electron chi connectivity index (χ1n) is 9.40. The van der Waals surface area contributed by atoms with Gasteiger partial charge in [-0.25, -0.2) is 4.98 Å². The predicted octanol–water partition coefficient (Wildman–Crippen LogP) is 2.97. The zero-order valence-corrected chi connectivity index (χ0v) is 16.5. The lowest BCUT2D eigenvalue weighted by Gasteiger charge is -2.15. The van der Waals surface area contributed by atoms with Crippen molar-refractivity contribution in [1.82, 2.24) is 14.3 Å². The van der Waals surface area contributed by atoms with Crippen LogP contribution in [0.15, 0.2) is 53.8 Å². The molecule has 0 aliphatic rings. The molecule has 0 radical (unpaired) electrons. The second-order valence-electron chi connectivity index (χ2n) is 7.27. The summed E-state index contributed by atoms with van der Waals surface area (Å²) in [6.07, 6.45) is 3.47. The van der Waals surface area contributed by atoms with Gasteiger partial charge in [0, 0.05) is 34.8 Å². The van der Waals surface area contributed by atoms with E-state index >= 15 is 0 Å².